The average Bonchev–Trinajstić information content (AvgIpc) is 3.15. The minimum atomic E-state index is -1.00. The topological polar surface area (TPSA) is 78.9 Å². The summed E-state index contributed by atoms with van der Waals surface area (Å²) >= 11 is 0. The van der Waals surface area contributed by atoms with Crippen LogP contribution in [0.1, 0.15) is 52.9 Å². The fourth-order valence-corrected chi connectivity index (χ4v) is 7.31. The first kappa shape index (κ1) is 18.2. The van der Waals surface area contributed by atoms with Crippen LogP contribution in [0.5, 0.6) is 0 Å². The summed E-state index contributed by atoms with van der Waals surface area (Å²) < 4.78 is 17.2. The number of rotatable bonds is 1. The van der Waals surface area contributed by atoms with Gasteiger partial charge in [-0.1, -0.05) is 6.92 Å². The molecule has 0 N–H and O–H groups in total. The zero-order valence-corrected chi connectivity index (χ0v) is 16.8. The van der Waals surface area contributed by atoms with Crippen LogP contribution in [-0.2, 0) is 28.6 Å². The Morgan fingerprint density at radius 3 is 2.75 bits per heavy atom. The third kappa shape index (κ3) is 1.97. The quantitative estimate of drug-likeness (QED) is 0.508. The summed E-state index contributed by atoms with van der Waals surface area (Å²) in [5.74, 6) is -0.381. The van der Waals surface area contributed by atoms with Crippen LogP contribution in [0.25, 0.3) is 0 Å². The second-order valence-electron chi connectivity index (χ2n) is 9.85. The van der Waals surface area contributed by atoms with Crippen molar-refractivity contribution in [2.24, 2.45) is 34.0 Å². The SMILES string of the molecule is CC(=O)O[C@H]1CC[C@]2(COC(=O)[C@@]34C[C@@H](CC[C@@H]23)[C@@H](C)C4=O)C2=COC[C@@]21C. The van der Waals surface area contributed by atoms with Crippen LogP contribution >= 0.6 is 0 Å². The summed E-state index contributed by atoms with van der Waals surface area (Å²) in [6, 6.07) is 0. The van der Waals surface area contributed by atoms with Crippen molar-refractivity contribution in [3.63, 3.8) is 0 Å². The fourth-order valence-electron chi connectivity index (χ4n) is 7.31. The number of esters is 2. The van der Waals surface area contributed by atoms with Crippen LogP contribution in [-0.4, -0.2) is 37.0 Å². The van der Waals surface area contributed by atoms with E-state index in [0.717, 1.165) is 24.8 Å². The molecular formula is C22H28O6. The van der Waals surface area contributed by atoms with E-state index in [4.69, 9.17) is 14.2 Å². The highest BCUT2D eigenvalue weighted by Gasteiger charge is 2.73. The Morgan fingerprint density at radius 2 is 2.00 bits per heavy atom. The largest absolute Gasteiger partial charge is 0.500 e. The van der Waals surface area contributed by atoms with E-state index in [0.29, 0.717) is 26.1 Å². The molecule has 1 saturated heterocycles. The highest BCUT2D eigenvalue weighted by molar-refractivity contribution is 6.07. The molecule has 3 aliphatic carbocycles. The molecule has 2 spiro atoms. The highest BCUT2D eigenvalue weighted by Crippen LogP contribution is 2.69. The maximum atomic E-state index is 13.3. The summed E-state index contributed by atoms with van der Waals surface area (Å²) in [6.07, 6.45) is 5.44. The smallest absolute Gasteiger partial charge is 0.320 e. The standard InChI is InChI=1S/C22H28O6/c1-12-14-4-5-15-21(11-27-19(25)22(15,8-14)18(12)24)7-6-17(28-13(2)23)20(3)10-26-9-16(20)21/h9,12,14-15,17H,4-8,10-11H2,1-3H3/t12-,14-,15+,17+,20+,21-,22+/m1/s1. The zero-order chi connectivity index (χ0) is 19.9. The van der Waals surface area contributed by atoms with Crippen molar-refractivity contribution in [2.45, 2.75) is 59.0 Å². The predicted octanol–water partition coefficient (Wildman–Crippen LogP) is 2.80. The maximum Gasteiger partial charge on any atom is 0.320 e. The molecule has 2 aliphatic heterocycles. The monoisotopic (exact) mass is 388 g/mol. The van der Waals surface area contributed by atoms with Gasteiger partial charge in [0.1, 0.15) is 24.7 Å². The van der Waals surface area contributed by atoms with Crippen LogP contribution in [0, 0.1) is 34.0 Å². The summed E-state index contributed by atoms with van der Waals surface area (Å²) in [5.41, 5.74) is -0.779. The maximum absolute atomic E-state index is 13.3. The summed E-state index contributed by atoms with van der Waals surface area (Å²) in [4.78, 5) is 38.0. The molecule has 0 amide bonds. The molecule has 6 heteroatoms. The van der Waals surface area contributed by atoms with Gasteiger partial charge in [0.25, 0.3) is 0 Å². The molecule has 152 valence electrons. The number of fused-ring (bicyclic) bond motifs is 4. The molecule has 7 atom stereocenters. The molecule has 4 fully saturated rings. The first-order chi connectivity index (χ1) is 13.3. The van der Waals surface area contributed by atoms with E-state index in [1.54, 1.807) is 6.26 Å². The summed E-state index contributed by atoms with van der Waals surface area (Å²) in [7, 11) is 0. The van der Waals surface area contributed by atoms with Crippen molar-refractivity contribution in [3.05, 3.63) is 11.8 Å². The zero-order valence-electron chi connectivity index (χ0n) is 16.8. The summed E-state index contributed by atoms with van der Waals surface area (Å²) in [5, 5.41) is 0. The molecule has 0 aromatic rings. The predicted molar refractivity (Wildman–Crippen MR) is 97.8 cm³/mol. The molecule has 5 rings (SSSR count). The first-order valence-electron chi connectivity index (χ1n) is 10.5. The number of cyclic esters (lactones) is 1. The lowest BCUT2D eigenvalue weighted by molar-refractivity contribution is -0.195. The van der Waals surface area contributed by atoms with E-state index < -0.39 is 16.2 Å². The van der Waals surface area contributed by atoms with Gasteiger partial charge in [0.05, 0.1) is 11.7 Å². The van der Waals surface area contributed by atoms with Gasteiger partial charge in [-0.2, -0.15) is 0 Å². The van der Waals surface area contributed by atoms with Crippen molar-refractivity contribution >= 4 is 17.7 Å². The van der Waals surface area contributed by atoms with Crippen LogP contribution in [0.4, 0.5) is 0 Å². The molecule has 0 aromatic carbocycles. The normalized spacial score (nSPS) is 49.0. The molecule has 2 heterocycles. The molecule has 0 radical (unpaired) electrons. The molecule has 6 nitrogen and oxygen atoms in total. The lowest BCUT2D eigenvalue weighted by Crippen LogP contribution is -2.62. The fraction of sp³-hybridized carbons (Fsp3) is 0.773. The van der Waals surface area contributed by atoms with Gasteiger partial charge in [0.15, 0.2) is 5.78 Å². The first-order valence-corrected chi connectivity index (χ1v) is 10.5. The van der Waals surface area contributed by atoms with E-state index in [1.807, 2.05) is 6.92 Å². The van der Waals surface area contributed by atoms with E-state index in [9.17, 15) is 14.4 Å². The van der Waals surface area contributed by atoms with Crippen LogP contribution in [0.15, 0.2) is 11.8 Å². The number of hydrogen-bond acceptors (Lipinski definition) is 6. The number of Topliss-reactive ketones (excluding diaryl/α,β-unsaturated/α-hetero) is 1. The van der Waals surface area contributed by atoms with Gasteiger partial charge >= 0.3 is 11.9 Å². The molecular weight excluding hydrogens is 360 g/mol. The second-order valence-corrected chi connectivity index (χ2v) is 9.85. The number of carbonyl (C=O) groups excluding carboxylic acids is 3. The Kier molecular flexibility index (Phi) is 3.64. The van der Waals surface area contributed by atoms with E-state index in [2.05, 4.69) is 6.92 Å². The lowest BCUT2D eigenvalue weighted by Gasteiger charge is -2.58. The molecule has 2 bridgehead atoms. The van der Waals surface area contributed by atoms with Gasteiger partial charge in [0, 0.05) is 18.3 Å². The Balaban J connectivity index is 1.60. The van der Waals surface area contributed by atoms with Gasteiger partial charge in [-0.05, 0) is 56.4 Å². The Morgan fingerprint density at radius 1 is 1.21 bits per heavy atom. The number of hydrogen-bond donors (Lipinski definition) is 0. The van der Waals surface area contributed by atoms with Gasteiger partial charge in [-0.25, -0.2) is 0 Å². The second kappa shape index (κ2) is 5.61. The molecule has 0 unspecified atom stereocenters. The third-order valence-electron chi connectivity index (χ3n) is 8.67. The van der Waals surface area contributed by atoms with Crippen LogP contribution in [0.3, 0.4) is 0 Å². The van der Waals surface area contributed by atoms with Crippen molar-refractivity contribution in [2.75, 3.05) is 13.2 Å². The Labute approximate surface area is 165 Å². The van der Waals surface area contributed by atoms with Gasteiger partial charge in [-0.15, -0.1) is 0 Å². The minimum Gasteiger partial charge on any atom is -0.500 e. The van der Waals surface area contributed by atoms with E-state index in [-0.39, 0.29) is 41.6 Å². The van der Waals surface area contributed by atoms with Crippen molar-refractivity contribution in [1.82, 2.24) is 0 Å². The van der Waals surface area contributed by atoms with Crippen molar-refractivity contribution in [3.8, 4) is 0 Å². The molecule has 5 aliphatic rings. The Hall–Kier alpha value is -1.85. The Bertz CT molecular complexity index is 801. The molecule has 28 heavy (non-hydrogen) atoms. The van der Waals surface area contributed by atoms with E-state index in [1.165, 1.54) is 6.92 Å². The van der Waals surface area contributed by atoms with Crippen molar-refractivity contribution < 1.29 is 28.6 Å². The third-order valence-corrected chi connectivity index (χ3v) is 8.67. The number of ether oxygens (including phenoxy) is 3. The van der Waals surface area contributed by atoms with Crippen molar-refractivity contribution in [1.29, 1.82) is 0 Å². The molecule has 0 aromatic heterocycles. The highest BCUT2D eigenvalue weighted by atomic mass is 16.6. The average molecular weight is 388 g/mol. The van der Waals surface area contributed by atoms with Crippen LogP contribution < -0.4 is 0 Å². The van der Waals surface area contributed by atoms with Gasteiger partial charge < -0.3 is 14.2 Å². The summed E-state index contributed by atoms with van der Waals surface area (Å²) in [6.45, 7) is 6.22. The van der Waals surface area contributed by atoms with Crippen LogP contribution in [0.2, 0.25) is 0 Å². The minimum absolute atomic E-state index is 0.0551. The number of ketones is 1. The lowest BCUT2D eigenvalue weighted by atomic mass is 9.46. The number of carbonyl (C=O) groups is 3. The molecule has 3 saturated carbocycles. The van der Waals surface area contributed by atoms with E-state index >= 15 is 0 Å². The van der Waals surface area contributed by atoms with Gasteiger partial charge in [0.2, 0.25) is 0 Å². The van der Waals surface area contributed by atoms with Gasteiger partial charge in [-0.3, -0.25) is 14.4 Å².